The van der Waals surface area contributed by atoms with Crippen LogP contribution in [0.1, 0.15) is 0 Å². The third-order valence-corrected chi connectivity index (χ3v) is 9.41. The van der Waals surface area contributed by atoms with E-state index in [1.165, 1.54) is 38.2 Å². The Kier molecular flexibility index (Phi) is 7.49. The van der Waals surface area contributed by atoms with Crippen molar-refractivity contribution in [1.82, 2.24) is 15.0 Å². The lowest BCUT2D eigenvalue weighted by atomic mass is 9.92. The molecule has 0 amide bonds. The van der Waals surface area contributed by atoms with E-state index < -0.39 is 0 Å². The Morgan fingerprint density at radius 3 is 1.56 bits per heavy atom. The highest BCUT2D eigenvalue weighted by molar-refractivity contribution is 6.05. The van der Waals surface area contributed by atoms with Crippen molar-refractivity contribution in [3.63, 3.8) is 0 Å². The standard InChI is InChI=1S/C47H31N3/c1-2-10-35(11-3-1)45-30-46(50-47(49-45)37-23-16-33(17-24-37)39-25-18-32-9-4-5-12-38(32)29-39)36-21-19-34(20-22-36)41-26-27-42(40-13-8-28-48-31-40)44-15-7-6-14-43(41)44/h1-31H. The zero-order valence-electron chi connectivity index (χ0n) is 27.2. The molecule has 0 aliphatic heterocycles. The molecule has 0 atom stereocenters. The lowest BCUT2D eigenvalue weighted by Crippen LogP contribution is -1.96. The van der Waals surface area contributed by atoms with Crippen LogP contribution < -0.4 is 0 Å². The van der Waals surface area contributed by atoms with Crippen LogP contribution in [0.2, 0.25) is 0 Å². The van der Waals surface area contributed by atoms with Crippen LogP contribution in [0.5, 0.6) is 0 Å². The highest BCUT2D eigenvalue weighted by Gasteiger charge is 2.13. The average molecular weight is 638 g/mol. The van der Waals surface area contributed by atoms with E-state index in [4.69, 9.17) is 9.97 Å². The minimum absolute atomic E-state index is 0.701. The van der Waals surface area contributed by atoms with Crippen LogP contribution in [0.15, 0.2) is 188 Å². The van der Waals surface area contributed by atoms with Crippen molar-refractivity contribution >= 4 is 21.5 Å². The number of pyridine rings is 1. The van der Waals surface area contributed by atoms with E-state index in [1.54, 1.807) is 0 Å². The predicted molar refractivity (Wildman–Crippen MR) is 207 cm³/mol. The van der Waals surface area contributed by atoms with Gasteiger partial charge in [-0.05, 0) is 67.6 Å². The summed E-state index contributed by atoms with van der Waals surface area (Å²) >= 11 is 0. The van der Waals surface area contributed by atoms with Gasteiger partial charge in [0.25, 0.3) is 0 Å². The minimum atomic E-state index is 0.701. The molecule has 0 bridgehead atoms. The average Bonchev–Trinajstić information content (AvgIpc) is 3.21. The minimum Gasteiger partial charge on any atom is -0.264 e. The molecule has 0 unspecified atom stereocenters. The third kappa shape index (κ3) is 5.61. The highest BCUT2D eigenvalue weighted by atomic mass is 14.9. The van der Waals surface area contributed by atoms with Gasteiger partial charge >= 0.3 is 0 Å². The molecule has 0 aliphatic rings. The van der Waals surface area contributed by atoms with Crippen LogP contribution in [-0.4, -0.2) is 15.0 Å². The molecule has 9 rings (SSSR count). The summed E-state index contributed by atoms with van der Waals surface area (Å²) in [6.45, 7) is 0. The summed E-state index contributed by atoms with van der Waals surface area (Å²) in [6.07, 6.45) is 3.74. The van der Waals surface area contributed by atoms with E-state index >= 15 is 0 Å². The van der Waals surface area contributed by atoms with Crippen molar-refractivity contribution in [3.8, 4) is 67.3 Å². The zero-order valence-corrected chi connectivity index (χ0v) is 27.2. The summed E-state index contributed by atoms with van der Waals surface area (Å²) in [5.41, 5.74) is 11.9. The molecule has 0 saturated heterocycles. The van der Waals surface area contributed by atoms with Gasteiger partial charge in [0.2, 0.25) is 0 Å². The Labute approximate surface area is 291 Å². The number of rotatable bonds is 6. The second-order valence-electron chi connectivity index (χ2n) is 12.5. The van der Waals surface area contributed by atoms with Gasteiger partial charge in [-0.3, -0.25) is 4.98 Å². The SMILES string of the molecule is c1ccc(-c2cc(-c3ccc(-c4ccc(-c5cccnc5)c5ccccc45)cc3)nc(-c3ccc(-c4ccc5ccccc5c4)cc3)n2)cc1. The quantitative estimate of drug-likeness (QED) is 0.182. The molecule has 50 heavy (non-hydrogen) atoms. The fourth-order valence-electron chi connectivity index (χ4n) is 6.81. The van der Waals surface area contributed by atoms with E-state index in [0.29, 0.717) is 5.82 Å². The normalized spacial score (nSPS) is 11.2. The molecule has 2 aromatic heterocycles. The van der Waals surface area contributed by atoms with Gasteiger partial charge < -0.3 is 0 Å². The maximum absolute atomic E-state index is 5.12. The Morgan fingerprint density at radius 2 is 0.860 bits per heavy atom. The molecule has 2 heterocycles. The summed E-state index contributed by atoms with van der Waals surface area (Å²) in [6, 6.07) is 61.9. The fourth-order valence-corrected chi connectivity index (χ4v) is 6.81. The lowest BCUT2D eigenvalue weighted by molar-refractivity contribution is 1.18. The van der Waals surface area contributed by atoms with Gasteiger partial charge in [0.1, 0.15) is 0 Å². The first kappa shape index (κ1) is 29.4. The van der Waals surface area contributed by atoms with Crippen LogP contribution >= 0.6 is 0 Å². The third-order valence-electron chi connectivity index (χ3n) is 9.41. The number of hydrogen-bond acceptors (Lipinski definition) is 3. The summed E-state index contributed by atoms with van der Waals surface area (Å²) < 4.78 is 0. The van der Waals surface area contributed by atoms with Crippen molar-refractivity contribution in [3.05, 3.63) is 188 Å². The highest BCUT2D eigenvalue weighted by Crippen LogP contribution is 2.37. The van der Waals surface area contributed by atoms with Gasteiger partial charge in [-0.15, -0.1) is 0 Å². The van der Waals surface area contributed by atoms with Gasteiger partial charge in [0.05, 0.1) is 11.4 Å². The summed E-state index contributed by atoms with van der Waals surface area (Å²) in [7, 11) is 0. The largest absolute Gasteiger partial charge is 0.264 e. The first-order valence-corrected chi connectivity index (χ1v) is 16.8. The van der Waals surface area contributed by atoms with Gasteiger partial charge in [-0.1, -0.05) is 158 Å². The molecule has 3 nitrogen and oxygen atoms in total. The predicted octanol–water partition coefficient (Wildman–Crippen LogP) is 12.2. The molecular weight excluding hydrogens is 607 g/mol. The van der Waals surface area contributed by atoms with Gasteiger partial charge in [0, 0.05) is 34.6 Å². The monoisotopic (exact) mass is 637 g/mol. The van der Waals surface area contributed by atoms with Crippen molar-refractivity contribution < 1.29 is 0 Å². The Balaban J connectivity index is 1.08. The molecule has 3 heteroatoms. The molecule has 0 radical (unpaired) electrons. The maximum Gasteiger partial charge on any atom is 0.160 e. The lowest BCUT2D eigenvalue weighted by Gasteiger charge is -2.13. The van der Waals surface area contributed by atoms with E-state index in [0.717, 1.165) is 44.8 Å². The number of nitrogens with zero attached hydrogens (tertiary/aromatic N) is 3. The summed E-state index contributed by atoms with van der Waals surface area (Å²) in [5, 5.41) is 4.90. The smallest absolute Gasteiger partial charge is 0.160 e. The van der Waals surface area contributed by atoms with Crippen LogP contribution in [0.4, 0.5) is 0 Å². The van der Waals surface area contributed by atoms with E-state index in [9.17, 15) is 0 Å². The zero-order chi connectivity index (χ0) is 33.3. The second-order valence-corrected chi connectivity index (χ2v) is 12.5. The Bertz CT molecular complexity index is 2610. The molecular formula is C47H31N3. The van der Waals surface area contributed by atoms with Gasteiger partial charge in [-0.2, -0.15) is 0 Å². The summed E-state index contributed by atoms with van der Waals surface area (Å²) in [4.78, 5) is 14.5. The summed E-state index contributed by atoms with van der Waals surface area (Å²) in [5.74, 6) is 0.701. The molecule has 0 aliphatic carbocycles. The maximum atomic E-state index is 5.12. The van der Waals surface area contributed by atoms with E-state index in [2.05, 4.69) is 157 Å². The molecule has 0 spiro atoms. The molecule has 0 saturated carbocycles. The topological polar surface area (TPSA) is 38.7 Å². The number of fused-ring (bicyclic) bond motifs is 2. The van der Waals surface area contributed by atoms with E-state index in [1.807, 2.05) is 36.7 Å². The van der Waals surface area contributed by atoms with Crippen LogP contribution in [0.25, 0.3) is 88.8 Å². The number of aromatic nitrogens is 3. The van der Waals surface area contributed by atoms with E-state index in [-0.39, 0.29) is 0 Å². The molecule has 0 N–H and O–H groups in total. The molecule has 7 aromatic carbocycles. The molecule has 9 aromatic rings. The fraction of sp³-hybridized carbons (Fsp3) is 0. The van der Waals surface area contributed by atoms with Crippen molar-refractivity contribution in [2.45, 2.75) is 0 Å². The molecule has 0 fully saturated rings. The molecule has 234 valence electrons. The first-order chi connectivity index (χ1) is 24.8. The van der Waals surface area contributed by atoms with Crippen molar-refractivity contribution in [2.24, 2.45) is 0 Å². The number of hydrogen-bond donors (Lipinski definition) is 0. The van der Waals surface area contributed by atoms with Crippen molar-refractivity contribution in [2.75, 3.05) is 0 Å². The van der Waals surface area contributed by atoms with Crippen LogP contribution in [-0.2, 0) is 0 Å². The van der Waals surface area contributed by atoms with Gasteiger partial charge in [-0.25, -0.2) is 9.97 Å². The first-order valence-electron chi connectivity index (χ1n) is 16.8. The number of benzene rings is 7. The Hall–Kier alpha value is -6.71. The van der Waals surface area contributed by atoms with Crippen LogP contribution in [0, 0.1) is 0 Å². The van der Waals surface area contributed by atoms with Gasteiger partial charge in [0.15, 0.2) is 5.82 Å². The second kappa shape index (κ2) is 12.7. The van der Waals surface area contributed by atoms with Crippen LogP contribution in [0.3, 0.4) is 0 Å². The Morgan fingerprint density at radius 1 is 0.320 bits per heavy atom. The van der Waals surface area contributed by atoms with Crippen molar-refractivity contribution in [1.29, 1.82) is 0 Å².